The quantitative estimate of drug-likeness (QED) is 0.812. The number of aliphatic hydroxyl groups excluding tert-OH is 1. The van der Waals surface area contributed by atoms with E-state index in [-0.39, 0.29) is 12.5 Å². The summed E-state index contributed by atoms with van der Waals surface area (Å²) >= 11 is 0. The number of carbonyl (C=O) groups is 1. The van der Waals surface area contributed by atoms with Crippen molar-refractivity contribution >= 4 is 5.91 Å². The first-order valence-electron chi connectivity index (χ1n) is 7.22. The molecule has 1 aliphatic rings. The van der Waals surface area contributed by atoms with E-state index in [0.29, 0.717) is 11.6 Å². The Kier molecular flexibility index (Phi) is 5.20. The molecule has 2 rings (SSSR count). The molecule has 0 unspecified atom stereocenters. The van der Waals surface area contributed by atoms with Gasteiger partial charge in [-0.1, -0.05) is 37.2 Å². The maximum absolute atomic E-state index is 12.4. The zero-order valence-corrected chi connectivity index (χ0v) is 11.9. The minimum Gasteiger partial charge on any atom is -0.384 e. The highest BCUT2D eigenvalue weighted by Gasteiger charge is 2.18. The van der Waals surface area contributed by atoms with Crippen molar-refractivity contribution in [3.63, 3.8) is 0 Å². The van der Waals surface area contributed by atoms with Crippen LogP contribution in [0.1, 0.15) is 53.6 Å². The number of nitrogens with one attached hydrogen (secondary N) is 1. The molecule has 0 spiro atoms. The van der Waals surface area contributed by atoms with Crippen molar-refractivity contribution in [3.8, 4) is 11.8 Å². The number of aliphatic hydroxyl groups is 1. The summed E-state index contributed by atoms with van der Waals surface area (Å²) in [5.74, 6) is 5.50. The minimum atomic E-state index is -0.169. The van der Waals surface area contributed by atoms with Gasteiger partial charge in [-0.2, -0.15) is 0 Å². The summed E-state index contributed by atoms with van der Waals surface area (Å²) in [5.41, 5.74) is 2.36. The van der Waals surface area contributed by atoms with Crippen LogP contribution in [0.5, 0.6) is 0 Å². The molecule has 0 aromatic heterocycles. The van der Waals surface area contributed by atoms with E-state index in [1.54, 1.807) is 0 Å². The van der Waals surface area contributed by atoms with Crippen LogP contribution < -0.4 is 5.32 Å². The minimum absolute atomic E-state index is 0.0120. The average Bonchev–Trinajstić information content (AvgIpc) is 2.47. The molecule has 2 N–H and O–H groups in total. The predicted octanol–water partition coefficient (Wildman–Crippen LogP) is 2.40. The number of carbonyl (C=O) groups excluding carboxylic acids is 1. The highest BCUT2D eigenvalue weighted by atomic mass is 16.2. The molecule has 106 valence electrons. The molecule has 0 radical (unpaired) electrons. The lowest BCUT2D eigenvalue weighted by Crippen LogP contribution is -2.36. The van der Waals surface area contributed by atoms with Crippen LogP contribution >= 0.6 is 0 Å². The molecule has 20 heavy (non-hydrogen) atoms. The highest BCUT2D eigenvalue weighted by Crippen LogP contribution is 2.19. The van der Waals surface area contributed by atoms with Crippen LogP contribution in [0, 0.1) is 18.8 Å². The van der Waals surface area contributed by atoms with Gasteiger partial charge in [-0.15, -0.1) is 0 Å². The molecule has 1 saturated carbocycles. The molecule has 1 aliphatic carbocycles. The summed E-state index contributed by atoms with van der Waals surface area (Å²) in [7, 11) is 0. The molecule has 0 saturated heterocycles. The molecule has 0 atom stereocenters. The van der Waals surface area contributed by atoms with Gasteiger partial charge >= 0.3 is 0 Å². The zero-order valence-electron chi connectivity index (χ0n) is 11.9. The fourth-order valence-corrected chi connectivity index (χ4v) is 2.66. The summed E-state index contributed by atoms with van der Waals surface area (Å²) in [5, 5.41) is 11.9. The van der Waals surface area contributed by atoms with Crippen molar-refractivity contribution in [1.29, 1.82) is 0 Å². The summed E-state index contributed by atoms with van der Waals surface area (Å²) in [4.78, 5) is 12.4. The second kappa shape index (κ2) is 7.12. The second-order valence-corrected chi connectivity index (χ2v) is 5.25. The van der Waals surface area contributed by atoms with Crippen molar-refractivity contribution in [2.75, 3.05) is 6.61 Å². The number of hydrogen-bond donors (Lipinski definition) is 2. The van der Waals surface area contributed by atoms with E-state index in [0.717, 1.165) is 24.0 Å². The fraction of sp³-hybridized carbons (Fsp3) is 0.471. The molecular weight excluding hydrogens is 250 g/mol. The Labute approximate surface area is 120 Å². The summed E-state index contributed by atoms with van der Waals surface area (Å²) < 4.78 is 0. The lowest BCUT2D eigenvalue weighted by atomic mass is 9.94. The zero-order chi connectivity index (χ0) is 14.4. The molecule has 3 nitrogen and oxygen atoms in total. The van der Waals surface area contributed by atoms with Gasteiger partial charge < -0.3 is 10.4 Å². The molecule has 1 aromatic carbocycles. The van der Waals surface area contributed by atoms with E-state index in [1.807, 2.05) is 25.1 Å². The summed E-state index contributed by atoms with van der Waals surface area (Å²) in [6.07, 6.45) is 5.83. The standard InChI is InChI=1S/C17H21NO2/c1-13-14(8-6-12-19)7-5-11-16(13)17(20)18-15-9-3-2-4-10-15/h5,7,11,15,19H,2-4,9-10,12H2,1H3,(H,18,20). The third-order valence-corrected chi connectivity index (χ3v) is 3.82. The largest absolute Gasteiger partial charge is 0.384 e. The van der Waals surface area contributed by atoms with Gasteiger partial charge in [0.2, 0.25) is 0 Å². The normalized spacial score (nSPS) is 15.3. The van der Waals surface area contributed by atoms with Crippen molar-refractivity contribution < 1.29 is 9.90 Å². The predicted molar refractivity (Wildman–Crippen MR) is 79.5 cm³/mol. The third kappa shape index (κ3) is 3.61. The summed E-state index contributed by atoms with van der Waals surface area (Å²) in [6.45, 7) is 1.73. The number of benzene rings is 1. The molecule has 0 aliphatic heterocycles. The van der Waals surface area contributed by atoms with Gasteiger partial charge in [0.15, 0.2) is 0 Å². The summed E-state index contributed by atoms with van der Waals surface area (Å²) in [6, 6.07) is 5.85. The van der Waals surface area contributed by atoms with Gasteiger partial charge in [-0.25, -0.2) is 0 Å². The average molecular weight is 271 g/mol. The van der Waals surface area contributed by atoms with Gasteiger partial charge in [0.25, 0.3) is 5.91 Å². The van der Waals surface area contributed by atoms with Crippen LogP contribution in [0.2, 0.25) is 0 Å². The number of rotatable bonds is 2. The topological polar surface area (TPSA) is 49.3 Å². The first-order chi connectivity index (χ1) is 9.72. The molecular formula is C17H21NO2. The Bertz CT molecular complexity index is 534. The van der Waals surface area contributed by atoms with Crippen LogP contribution in [0.15, 0.2) is 18.2 Å². The van der Waals surface area contributed by atoms with Gasteiger partial charge in [-0.05, 0) is 37.5 Å². The number of amides is 1. The maximum Gasteiger partial charge on any atom is 0.251 e. The van der Waals surface area contributed by atoms with E-state index < -0.39 is 0 Å². The lowest BCUT2D eigenvalue weighted by molar-refractivity contribution is 0.0927. The molecule has 1 fully saturated rings. The first kappa shape index (κ1) is 14.6. The first-order valence-corrected chi connectivity index (χ1v) is 7.22. The van der Waals surface area contributed by atoms with E-state index in [1.165, 1.54) is 19.3 Å². The Morgan fingerprint density at radius 3 is 2.80 bits per heavy atom. The Morgan fingerprint density at radius 2 is 2.10 bits per heavy atom. The van der Waals surface area contributed by atoms with Gasteiger partial charge in [-0.3, -0.25) is 4.79 Å². The van der Waals surface area contributed by atoms with Crippen LogP contribution in [0.3, 0.4) is 0 Å². The van der Waals surface area contributed by atoms with E-state index in [2.05, 4.69) is 17.2 Å². The highest BCUT2D eigenvalue weighted by molar-refractivity contribution is 5.96. The van der Waals surface area contributed by atoms with Crippen molar-refractivity contribution in [3.05, 3.63) is 34.9 Å². The van der Waals surface area contributed by atoms with E-state index in [9.17, 15) is 4.79 Å². The van der Waals surface area contributed by atoms with Crippen molar-refractivity contribution in [2.45, 2.75) is 45.1 Å². The molecule has 1 aromatic rings. The molecule has 0 bridgehead atoms. The van der Waals surface area contributed by atoms with Crippen LogP contribution in [-0.4, -0.2) is 23.7 Å². The Hall–Kier alpha value is -1.79. The fourth-order valence-electron chi connectivity index (χ4n) is 2.66. The van der Waals surface area contributed by atoms with Crippen molar-refractivity contribution in [1.82, 2.24) is 5.32 Å². The third-order valence-electron chi connectivity index (χ3n) is 3.82. The lowest BCUT2D eigenvalue weighted by Gasteiger charge is -2.23. The van der Waals surface area contributed by atoms with E-state index in [4.69, 9.17) is 5.11 Å². The molecule has 0 heterocycles. The molecule has 1 amide bonds. The van der Waals surface area contributed by atoms with Crippen LogP contribution in [-0.2, 0) is 0 Å². The van der Waals surface area contributed by atoms with Crippen LogP contribution in [0.4, 0.5) is 0 Å². The SMILES string of the molecule is Cc1c(C#CCO)cccc1C(=O)NC1CCCCC1. The second-order valence-electron chi connectivity index (χ2n) is 5.25. The van der Waals surface area contributed by atoms with Gasteiger partial charge in [0, 0.05) is 17.2 Å². The number of hydrogen-bond acceptors (Lipinski definition) is 2. The monoisotopic (exact) mass is 271 g/mol. The van der Waals surface area contributed by atoms with Crippen LogP contribution in [0.25, 0.3) is 0 Å². The van der Waals surface area contributed by atoms with Crippen molar-refractivity contribution in [2.24, 2.45) is 0 Å². The maximum atomic E-state index is 12.4. The van der Waals surface area contributed by atoms with Gasteiger partial charge in [0.05, 0.1) is 0 Å². The Balaban J connectivity index is 2.13. The molecule has 3 heteroatoms. The Morgan fingerprint density at radius 1 is 1.35 bits per heavy atom. The smallest absolute Gasteiger partial charge is 0.251 e. The van der Waals surface area contributed by atoms with E-state index >= 15 is 0 Å². The van der Waals surface area contributed by atoms with Gasteiger partial charge in [0.1, 0.15) is 6.61 Å².